The minimum Gasteiger partial charge on any atom is -0.394 e. The van der Waals surface area contributed by atoms with Gasteiger partial charge in [-0.25, -0.2) is 0 Å². The number of hydrogen-bond donors (Lipinski definition) is 3. The van der Waals surface area contributed by atoms with E-state index < -0.39 is 24.4 Å². The van der Waals surface area contributed by atoms with Crippen molar-refractivity contribution in [1.82, 2.24) is 0 Å². The Hall–Kier alpha value is -1.40. The monoisotopic (exact) mass is 408 g/mol. The molecule has 144 valence electrons. The van der Waals surface area contributed by atoms with E-state index >= 15 is 0 Å². The van der Waals surface area contributed by atoms with E-state index in [4.69, 9.17) is 27.9 Å². The summed E-state index contributed by atoms with van der Waals surface area (Å²) in [6.07, 6.45) is 1.76. The Morgan fingerprint density at radius 1 is 1.07 bits per heavy atom. The van der Waals surface area contributed by atoms with Gasteiger partial charge in [0, 0.05) is 16.5 Å². The van der Waals surface area contributed by atoms with Crippen LogP contribution in [0.3, 0.4) is 0 Å². The molecule has 6 heteroatoms. The lowest BCUT2D eigenvalue weighted by Crippen LogP contribution is -2.44. The molecule has 0 aromatic heterocycles. The van der Waals surface area contributed by atoms with Gasteiger partial charge >= 0.3 is 0 Å². The van der Waals surface area contributed by atoms with Crippen LogP contribution in [0.4, 0.5) is 0 Å². The SMILES string of the molecule is OCC1CC(O)C(O)C(c2cccc(CC=Cc3cc(Cl)cc(Cl)c3)c2)O1. The van der Waals surface area contributed by atoms with Crippen molar-refractivity contribution in [3.8, 4) is 0 Å². The molecular formula is C21H22Cl2O4. The van der Waals surface area contributed by atoms with Crippen LogP contribution in [0.5, 0.6) is 0 Å². The fourth-order valence-corrected chi connectivity index (χ4v) is 3.79. The second kappa shape index (κ2) is 9.20. The van der Waals surface area contributed by atoms with Gasteiger partial charge in [-0.05, 0) is 41.3 Å². The van der Waals surface area contributed by atoms with Crippen LogP contribution in [-0.4, -0.2) is 40.2 Å². The summed E-state index contributed by atoms with van der Waals surface area (Å²) in [4.78, 5) is 0. The number of aliphatic hydroxyl groups excluding tert-OH is 3. The molecule has 4 nitrogen and oxygen atoms in total. The molecule has 1 saturated heterocycles. The molecular weight excluding hydrogens is 387 g/mol. The molecule has 3 rings (SSSR count). The van der Waals surface area contributed by atoms with Crippen molar-refractivity contribution in [3.63, 3.8) is 0 Å². The summed E-state index contributed by atoms with van der Waals surface area (Å²) in [6.45, 7) is -0.190. The molecule has 27 heavy (non-hydrogen) atoms. The van der Waals surface area contributed by atoms with Crippen LogP contribution in [0.1, 0.15) is 29.2 Å². The second-order valence-corrected chi connectivity index (χ2v) is 7.58. The molecule has 0 radical (unpaired) electrons. The van der Waals surface area contributed by atoms with E-state index in [1.807, 2.05) is 48.6 Å². The molecule has 1 heterocycles. The zero-order valence-electron chi connectivity index (χ0n) is 14.6. The molecule has 4 unspecified atom stereocenters. The summed E-state index contributed by atoms with van der Waals surface area (Å²) in [6, 6.07) is 13.0. The number of benzene rings is 2. The van der Waals surface area contributed by atoms with Crippen LogP contribution in [0.2, 0.25) is 10.0 Å². The summed E-state index contributed by atoms with van der Waals surface area (Å²) in [7, 11) is 0. The first-order valence-corrected chi connectivity index (χ1v) is 9.56. The molecule has 3 N–H and O–H groups in total. The zero-order valence-corrected chi connectivity index (χ0v) is 16.1. The lowest BCUT2D eigenvalue weighted by Gasteiger charge is -2.37. The molecule has 0 aliphatic carbocycles. The quantitative estimate of drug-likeness (QED) is 0.703. The van der Waals surface area contributed by atoms with Gasteiger partial charge in [0.1, 0.15) is 12.2 Å². The predicted octanol–water partition coefficient (Wildman–Crippen LogP) is 3.79. The number of aliphatic hydroxyl groups is 3. The van der Waals surface area contributed by atoms with Crippen molar-refractivity contribution in [3.05, 3.63) is 75.3 Å². The average molecular weight is 409 g/mol. The molecule has 2 aromatic carbocycles. The lowest BCUT2D eigenvalue weighted by molar-refractivity contribution is -0.179. The number of ether oxygens (including phenoxy) is 1. The maximum atomic E-state index is 10.3. The van der Waals surface area contributed by atoms with E-state index in [0.717, 1.165) is 16.7 Å². The first-order valence-electron chi connectivity index (χ1n) is 8.80. The van der Waals surface area contributed by atoms with Crippen LogP contribution >= 0.6 is 23.2 Å². The summed E-state index contributed by atoms with van der Waals surface area (Å²) in [5.74, 6) is 0. The minimum atomic E-state index is -1.02. The molecule has 1 aliphatic heterocycles. The van der Waals surface area contributed by atoms with Gasteiger partial charge in [0.25, 0.3) is 0 Å². The Morgan fingerprint density at radius 3 is 2.52 bits per heavy atom. The highest BCUT2D eigenvalue weighted by atomic mass is 35.5. The van der Waals surface area contributed by atoms with Crippen LogP contribution in [-0.2, 0) is 11.2 Å². The van der Waals surface area contributed by atoms with Gasteiger partial charge in [0.15, 0.2) is 0 Å². The molecule has 2 aromatic rings. The minimum absolute atomic E-state index is 0.190. The first kappa shape index (κ1) is 20.3. The van der Waals surface area contributed by atoms with Crippen molar-refractivity contribution in [2.75, 3.05) is 6.61 Å². The number of rotatable bonds is 5. The molecule has 0 spiro atoms. The standard InChI is InChI=1S/C21H22Cl2O4/c22-16-8-14(9-17(23)10-16)5-1-3-13-4-2-6-15(7-13)21-20(26)19(25)11-18(12-24)27-21/h1-2,4-10,18-21,24-26H,3,11-12H2. The lowest BCUT2D eigenvalue weighted by atomic mass is 9.92. The number of halogens is 2. The van der Waals surface area contributed by atoms with Crippen molar-refractivity contribution >= 4 is 29.3 Å². The fourth-order valence-electron chi connectivity index (χ4n) is 3.25. The fraction of sp³-hybridized carbons (Fsp3) is 0.333. The van der Waals surface area contributed by atoms with Crippen molar-refractivity contribution in [2.45, 2.75) is 37.3 Å². The Morgan fingerprint density at radius 2 is 1.81 bits per heavy atom. The maximum absolute atomic E-state index is 10.3. The first-order chi connectivity index (χ1) is 13.0. The Labute approximate surface area is 168 Å². The Kier molecular flexibility index (Phi) is 6.93. The molecule has 0 bridgehead atoms. The Bertz CT molecular complexity index is 788. The van der Waals surface area contributed by atoms with E-state index in [9.17, 15) is 15.3 Å². The van der Waals surface area contributed by atoms with Gasteiger partial charge < -0.3 is 20.1 Å². The maximum Gasteiger partial charge on any atom is 0.111 e. The highest BCUT2D eigenvalue weighted by Gasteiger charge is 2.37. The van der Waals surface area contributed by atoms with Crippen LogP contribution < -0.4 is 0 Å². The predicted molar refractivity (Wildman–Crippen MR) is 107 cm³/mol. The molecule has 0 saturated carbocycles. The Balaban J connectivity index is 1.72. The van der Waals surface area contributed by atoms with Gasteiger partial charge in [-0.3, -0.25) is 0 Å². The van der Waals surface area contributed by atoms with Gasteiger partial charge in [-0.1, -0.05) is 59.6 Å². The second-order valence-electron chi connectivity index (χ2n) is 6.71. The van der Waals surface area contributed by atoms with E-state index in [1.54, 1.807) is 6.07 Å². The zero-order chi connectivity index (χ0) is 19.4. The summed E-state index contributed by atoms with van der Waals surface area (Å²) < 4.78 is 5.75. The molecule has 1 aliphatic rings. The molecule has 4 atom stereocenters. The van der Waals surface area contributed by atoms with Crippen LogP contribution in [0.25, 0.3) is 6.08 Å². The largest absolute Gasteiger partial charge is 0.394 e. The third kappa shape index (κ3) is 5.32. The topological polar surface area (TPSA) is 69.9 Å². The summed E-state index contributed by atoms with van der Waals surface area (Å²) in [5, 5.41) is 30.8. The highest BCUT2D eigenvalue weighted by molar-refractivity contribution is 6.34. The summed E-state index contributed by atoms with van der Waals surface area (Å²) >= 11 is 12.0. The summed E-state index contributed by atoms with van der Waals surface area (Å²) in [5.41, 5.74) is 2.73. The van der Waals surface area contributed by atoms with E-state index in [-0.39, 0.29) is 13.0 Å². The van der Waals surface area contributed by atoms with Gasteiger partial charge in [0.05, 0.1) is 18.8 Å². The third-order valence-electron chi connectivity index (χ3n) is 4.58. The van der Waals surface area contributed by atoms with E-state index in [1.165, 1.54) is 0 Å². The normalized spacial score (nSPS) is 25.8. The van der Waals surface area contributed by atoms with Crippen molar-refractivity contribution in [2.24, 2.45) is 0 Å². The molecule has 0 amide bonds. The number of allylic oxidation sites excluding steroid dienone is 1. The van der Waals surface area contributed by atoms with Gasteiger partial charge in [-0.15, -0.1) is 0 Å². The van der Waals surface area contributed by atoms with Gasteiger partial charge in [-0.2, -0.15) is 0 Å². The number of hydrogen-bond acceptors (Lipinski definition) is 4. The van der Waals surface area contributed by atoms with E-state index in [0.29, 0.717) is 16.5 Å². The molecule has 1 fully saturated rings. The van der Waals surface area contributed by atoms with E-state index in [2.05, 4.69) is 0 Å². The van der Waals surface area contributed by atoms with Crippen LogP contribution in [0.15, 0.2) is 48.5 Å². The highest BCUT2D eigenvalue weighted by Crippen LogP contribution is 2.32. The van der Waals surface area contributed by atoms with Crippen molar-refractivity contribution < 1.29 is 20.1 Å². The smallest absolute Gasteiger partial charge is 0.111 e. The van der Waals surface area contributed by atoms with Crippen LogP contribution in [0, 0.1) is 0 Å². The van der Waals surface area contributed by atoms with Gasteiger partial charge in [0.2, 0.25) is 0 Å². The average Bonchev–Trinajstić information content (AvgIpc) is 2.63. The third-order valence-corrected chi connectivity index (χ3v) is 5.02. The van der Waals surface area contributed by atoms with Crippen molar-refractivity contribution in [1.29, 1.82) is 0 Å².